The molecule has 1 aliphatic heterocycles. The third-order valence-electron chi connectivity index (χ3n) is 4.00. The molecule has 2 amide bonds. The molecule has 0 saturated carbocycles. The fourth-order valence-electron chi connectivity index (χ4n) is 2.59. The minimum absolute atomic E-state index is 0. The van der Waals surface area contributed by atoms with Crippen LogP contribution in [-0.4, -0.2) is 114 Å². The minimum Gasteiger partial charge on any atom is -0.383 e. The molecule has 3 N–H and O–H groups in total. The monoisotopic (exact) mass is 514 g/mol. The number of rotatable bonds is 11. The summed E-state index contributed by atoms with van der Waals surface area (Å²) in [6, 6.07) is 0. The van der Waals surface area contributed by atoms with Crippen molar-refractivity contribution in [3.63, 3.8) is 0 Å². The third-order valence-corrected chi connectivity index (χ3v) is 4.00. The van der Waals surface area contributed by atoms with Gasteiger partial charge in [-0.3, -0.25) is 14.5 Å². The van der Waals surface area contributed by atoms with E-state index in [0.29, 0.717) is 32.8 Å². The van der Waals surface area contributed by atoms with Crippen molar-refractivity contribution in [2.45, 2.75) is 6.92 Å². The molecule has 0 unspecified atom stereocenters. The van der Waals surface area contributed by atoms with Gasteiger partial charge in [0.05, 0.1) is 19.8 Å². The molecular formula is C17H35IN6O4. The van der Waals surface area contributed by atoms with Crippen molar-refractivity contribution in [2.75, 3.05) is 86.3 Å². The number of ether oxygens (including phenoxy) is 2. The number of halogens is 1. The van der Waals surface area contributed by atoms with Crippen LogP contribution in [0.25, 0.3) is 0 Å². The summed E-state index contributed by atoms with van der Waals surface area (Å²) in [5.74, 6) is 0.603. The van der Waals surface area contributed by atoms with Gasteiger partial charge in [0.25, 0.3) is 0 Å². The second kappa shape index (κ2) is 16.7. The van der Waals surface area contributed by atoms with E-state index in [0.717, 1.165) is 38.7 Å². The van der Waals surface area contributed by atoms with E-state index in [9.17, 15) is 9.59 Å². The number of amides is 2. The van der Waals surface area contributed by atoms with Gasteiger partial charge in [0.15, 0.2) is 5.96 Å². The maximum absolute atomic E-state index is 11.9. The number of guanidine groups is 1. The molecular weight excluding hydrogens is 479 g/mol. The van der Waals surface area contributed by atoms with Crippen molar-refractivity contribution in [1.29, 1.82) is 0 Å². The number of hydrogen-bond donors (Lipinski definition) is 3. The molecule has 0 aromatic rings. The number of piperazine rings is 1. The highest BCUT2D eigenvalue weighted by molar-refractivity contribution is 14.0. The van der Waals surface area contributed by atoms with Crippen molar-refractivity contribution < 1.29 is 19.1 Å². The first-order valence-corrected chi connectivity index (χ1v) is 9.37. The zero-order valence-corrected chi connectivity index (χ0v) is 19.5. The molecule has 10 nitrogen and oxygen atoms in total. The molecule has 11 heteroatoms. The summed E-state index contributed by atoms with van der Waals surface area (Å²) in [7, 11) is 3.20. The van der Waals surface area contributed by atoms with Gasteiger partial charge in [-0.15, -0.1) is 24.0 Å². The smallest absolute Gasteiger partial charge is 0.241 e. The van der Waals surface area contributed by atoms with E-state index in [1.165, 1.54) is 0 Å². The van der Waals surface area contributed by atoms with Gasteiger partial charge in [-0.25, -0.2) is 4.99 Å². The second-order valence-electron chi connectivity index (χ2n) is 6.12. The number of carbonyl (C=O) groups excluding carboxylic acids is 2. The Labute approximate surface area is 184 Å². The fourth-order valence-corrected chi connectivity index (χ4v) is 2.59. The van der Waals surface area contributed by atoms with Crippen molar-refractivity contribution in [3.8, 4) is 0 Å². The largest absolute Gasteiger partial charge is 0.383 e. The lowest BCUT2D eigenvalue weighted by Gasteiger charge is -2.36. The Morgan fingerprint density at radius 2 is 1.50 bits per heavy atom. The molecule has 0 aromatic carbocycles. The lowest BCUT2D eigenvalue weighted by molar-refractivity contribution is -0.123. The number of aliphatic imine (C=N–C) groups is 1. The highest BCUT2D eigenvalue weighted by atomic mass is 127. The predicted octanol–water partition coefficient (Wildman–Crippen LogP) is -1.29. The van der Waals surface area contributed by atoms with Gasteiger partial charge >= 0.3 is 0 Å². The van der Waals surface area contributed by atoms with Crippen molar-refractivity contribution >= 4 is 41.8 Å². The Morgan fingerprint density at radius 3 is 2.04 bits per heavy atom. The Bertz CT molecular complexity index is 473. The van der Waals surface area contributed by atoms with Crippen molar-refractivity contribution in [3.05, 3.63) is 0 Å². The number of carbonyl (C=O) groups is 2. The topological polar surface area (TPSA) is 108 Å². The average molecular weight is 514 g/mol. The summed E-state index contributed by atoms with van der Waals surface area (Å²) in [6.45, 7) is 8.22. The maximum atomic E-state index is 11.9. The molecule has 0 bridgehead atoms. The number of methoxy groups -OCH3 is 2. The van der Waals surface area contributed by atoms with Crippen LogP contribution in [0.3, 0.4) is 0 Å². The van der Waals surface area contributed by atoms with Crippen LogP contribution in [0.1, 0.15) is 6.92 Å². The van der Waals surface area contributed by atoms with Crippen LogP contribution in [0.4, 0.5) is 0 Å². The molecule has 0 radical (unpaired) electrons. The third kappa shape index (κ3) is 11.6. The highest BCUT2D eigenvalue weighted by Crippen LogP contribution is 2.02. The van der Waals surface area contributed by atoms with E-state index in [1.807, 2.05) is 6.92 Å². The van der Waals surface area contributed by atoms with E-state index < -0.39 is 0 Å². The first-order chi connectivity index (χ1) is 13.1. The highest BCUT2D eigenvalue weighted by Gasteiger charge is 2.21. The second-order valence-corrected chi connectivity index (χ2v) is 6.12. The van der Waals surface area contributed by atoms with E-state index in [-0.39, 0.29) is 42.3 Å². The summed E-state index contributed by atoms with van der Waals surface area (Å²) >= 11 is 0. The average Bonchev–Trinajstić information content (AvgIpc) is 2.66. The van der Waals surface area contributed by atoms with Gasteiger partial charge in [0.2, 0.25) is 11.8 Å². The molecule has 1 aliphatic rings. The molecule has 1 rings (SSSR count). The number of nitrogens with one attached hydrogen (secondary N) is 3. The van der Waals surface area contributed by atoms with Gasteiger partial charge in [-0.2, -0.15) is 0 Å². The Hall–Kier alpha value is -1.18. The van der Waals surface area contributed by atoms with Crippen LogP contribution < -0.4 is 16.0 Å². The molecule has 0 aromatic heterocycles. The fraction of sp³-hybridized carbons (Fsp3) is 0.824. The lowest BCUT2D eigenvalue weighted by atomic mass is 10.3. The van der Waals surface area contributed by atoms with Crippen LogP contribution >= 0.6 is 24.0 Å². The summed E-state index contributed by atoms with van der Waals surface area (Å²) < 4.78 is 9.83. The predicted molar refractivity (Wildman–Crippen MR) is 119 cm³/mol. The standard InChI is InChI=1S/C17H34N6O4.HI/c1-4-18-17(21-13-15(24)19-5-11-26-2)23-9-7-22(8-10-23)14-16(25)20-6-12-27-3;/h4-14H2,1-3H3,(H,18,21)(H,19,24)(H,20,25);1H. The normalized spacial score (nSPS) is 15.0. The van der Waals surface area contributed by atoms with Gasteiger partial charge < -0.3 is 30.3 Å². The molecule has 1 fully saturated rings. The summed E-state index contributed by atoms with van der Waals surface area (Å²) in [5, 5.41) is 8.81. The van der Waals surface area contributed by atoms with E-state index in [1.54, 1.807) is 14.2 Å². The molecule has 1 heterocycles. The Morgan fingerprint density at radius 1 is 0.929 bits per heavy atom. The first kappa shape index (κ1) is 26.8. The van der Waals surface area contributed by atoms with Gasteiger partial charge in [-0.1, -0.05) is 0 Å². The van der Waals surface area contributed by atoms with E-state index >= 15 is 0 Å². The quantitative estimate of drug-likeness (QED) is 0.136. The van der Waals surface area contributed by atoms with E-state index in [2.05, 4.69) is 30.7 Å². The van der Waals surface area contributed by atoms with Gasteiger partial charge in [-0.05, 0) is 6.92 Å². The summed E-state index contributed by atoms with van der Waals surface area (Å²) in [5.41, 5.74) is 0. The van der Waals surface area contributed by atoms with Gasteiger partial charge in [0.1, 0.15) is 6.54 Å². The zero-order valence-electron chi connectivity index (χ0n) is 17.2. The molecule has 0 spiro atoms. The van der Waals surface area contributed by atoms with E-state index in [4.69, 9.17) is 9.47 Å². The minimum atomic E-state index is -0.131. The van der Waals surface area contributed by atoms with Crippen LogP contribution in [0.5, 0.6) is 0 Å². The lowest BCUT2D eigenvalue weighted by Crippen LogP contribution is -2.54. The molecule has 28 heavy (non-hydrogen) atoms. The Kier molecular flexibility index (Phi) is 16.0. The zero-order chi connectivity index (χ0) is 19.9. The van der Waals surface area contributed by atoms with Gasteiger partial charge in [0, 0.05) is 60.0 Å². The van der Waals surface area contributed by atoms with Crippen molar-refractivity contribution in [1.82, 2.24) is 25.8 Å². The van der Waals surface area contributed by atoms with Crippen molar-refractivity contribution in [2.24, 2.45) is 4.99 Å². The van der Waals surface area contributed by atoms with Crippen LogP contribution in [-0.2, 0) is 19.1 Å². The number of nitrogens with zero attached hydrogens (tertiary/aromatic N) is 3. The molecule has 0 aliphatic carbocycles. The SMILES string of the molecule is CCNC(=NCC(=O)NCCOC)N1CCN(CC(=O)NCCOC)CC1.I. The Balaban J connectivity index is 0.00000729. The molecule has 164 valence electrons. The number of hydrogen-bond acceptors (Lipinski definition) is 6. The summed E-state index contributed by atoms with van der Waals surface area (Å²) in [4.78, 5) is 32.3. The van der Waals surface area contributed by atoms with Crippen LogP contribution in [0.2, 0.25) is 0 Å². The molecule has 0 atom stereocenters. The summed E-state index contributed by atoms with van der Waals surface area (Å²) in [6.07, 6.45) is 0. The first-order valence-electron chi connectivity index (χ1n) is 9.37. The molecule has 1 saturated heterocycles. The van der Waals surface area contributed by atoms with Crippen LogP contribution in [0, 0.1) is 0 Å². The van der Waals surface area contributed by atoms with Crippen LogP contribution in [0.15, 0.2) is 4.99 Å². The maximum Gasteiger partial charge on any atom is 0.241 e.